The van der Waals surface area contributed by atoms with Gasteiger partial charge in [0.05, 0.1) is 11.3 Å². The number of hydrogen-bond donors (Lipinski definition) is 1. The average molecular weight is 349 g/mol. The predicted molar refractivity (Wildman–Crippen MR) is 102 cm³/mol. The number of aromatic nitrogens is 2. The van der Waals surface area contributed by atoms with Crippen molar-refractivity contribution >= 4 is 11.6 Å². The Hall–Kier alpha value is -2.82. The van der Waals surface area contributed by atoms with Gasteiger partial charge in [-0.2, -0.15) is 0 Å². The Morgan fingerprint density at radius 1 is 1.15 bits per heavy atom. The summed E-state index contributed by atoms with van der Waals surface area (Å²) in [5.41, 5.74) is 5.49. The molecule has 0 aliphatic heterocycles. The number of benzene rings is 1. The van der Waals surface area contributed by atoms with Gasteiger partial charge < -0.3 is 14.3 Å². The maximum absolute atomic E-state index is 12.7. The molecule has 1 fully saturated rings. The van der Waals surface area contributed by atoms with Crippen LogP contribution in [0.5, 0.6) is 0 Å². The summed E-state index contributed by atoms with van der Waals surface area (Å²) < 4.78 is 7.93. The Morgan fingerprint density at radius 2 is 1.85 bits per heavy atom. The first-order valence-corrected chi connectivity index (χ1v) is 8.98. The number of carbonyl (C=O) groups is 1. The van der Waals surface area contributed by atoms with Gasteiger partial charge in [-0.15, -0.1) is 0 Å². The van der Waals surface area contributed by atoms with E-state index in [4.69, 9.17) is 4.42 Å². The number of carbonyl (C=O) groups excluding carboxylic acids is 1. The van der Waals surface area contributed by atoms with Crippen molar-refractivity contribution in [2.24, 2.45) is 0 Å². The van der Waals surface area contributed by atoms with Gasteiger partial charge in [-0.05, 0) is 70.9 Å². The molecule has 0 spiro atoms. The van der Waals surface area contributed by atoms with E-state index in [1.54, 1.807) is 0 Å². The largest absolute Gasteiger partial charge is 0.441 e. The van der Waals surface area contributed by atoms with Crippen LogP contribution < -0.4 is 5.32 Å². The molecule has 1 aliphatic rings. The number of amides is 1. The van der Waals surface area contributed by atoms with Crippen LogP contribution in [0.15, 0.2) is 34.7 Å². The molecule has 5 nitrogen and oxygen atoms in total. The first kappa shape index (κ1) is 16.6. The average Bonchev–Trinajstić information content (AvgIpc) is 3.32. The smallest absolute Gasteiger partial charge is 0.257 e. The van der Waals surface area contributed by atoms with Gasteiger partial charge >= 0.3 is 0 Å². The summed E-state index contributed by atoms with van der Waals surface area (Å²) in [5.74, 6) is 1.36. The quantitative estimate of drug-likeness (QED) is 0.724. The van der Waals surface area contributed by atoms with E-state index in [-0.39, 0.29) is 5.91 Å². The molecule has 5 heteroatoms. The fourth-order valence-electron chi connectivity index (χ4n) is 3.39. The van der Waals surface area contributed by atoms with Crippen molar-refractivity contribution < 1.29 is 9.21 Å². The van der Waals surface area contributed by atoms with E-state index in [2.05, 4.69) is 21.8 Å². The molecule has 2 heterocycles. The molecule has 0 bridgehead atoms. The second kappa shape index (κ2) is 6.16. The summed E-state index contributed by atoms with van der Waals surface area (Å²) >= 11 is 0. The van der Waals surface area contributed by atoms with E-state index >= 15 is 0 Å². The second-order valence-corrected chi connectivity index (χ2v) is 7.08. The van der Waals surface area contributed by atoms with Crippen molar-refractivity contribution in [3.63, 3.8) is 0 Å². The van der Waals surface area contributed by atoms with Crippen LogP contribution in [0, 0.1) is 27.7 Å². The Balaban J connectivity index is 1.52. The Labute approximate surface area is 153 Å². The first-order valence-electron chi connectivity index (χ1n) is 8.98. The number of anilines is 1. The molecule has 0 unspecified atom stereocenters. The highest BCUT2D eigenvalue weighted by Crippen LogP contribution is 2.38. The lowest BCUT2D eigenvalue weighted by Crippen LogP contribution is -2.13. The molecule has 4 rings (SSSR count). The van der Waals surface area contributed by atoms with Crippen LogP contribution >= 0.6 is 0 Å². The van der Waals surface area contributed by atoms with Crippen LogP contribution in [0.2, 0.25) is 0 Å². The van der Waals surface area contributed by atoms with Crippen LogP contribution in [0.1, 0.15) is 52.1 Å². The molecule has 3 aromatic rings. The lowest BCUT2D eigenvalue weighted by Gasteiger charge is -2.08. The molecule has 134 valence electrons. The molecular weight excluding hydrogens is 326 g/mol. The summed E-state index contributed by atoms with van der Waals surface area (Å²) in [6, 6.07) is 10.1. The van der Waals surface area contributed by atoms with E-state index in [0.717, 1.165) is 39.7 Å². The van der Waals surface area contributed by atoms with Gasteiger partial charge in [0, 0.05) is 28.7 Å². The van der Waals surface area contributed by atoms with Crippen molar-refractivity contribution in [1.82, 2.24) is 9.55 Å². The maximum Gasteiger partial charge on any atom is 0.257 e. The highest BCUT2D eigenvalue weighted by atomic mass is 16.4. The number of hydrogen-bond acceptors (Lipinski definition) is 3. The molecule has 1 amide bonds. The minimum Gasteiger partial charge on any atom is -0.441 e. The van der Waals surface area contributed by atoms with Gasteiger partial charge in [0.1, 0.15) is 5.76 Å². The van der Waals surface area contributed by atoms with E-state index in [0.29, 0.717) is 11.9 Å². The van der Waals surface area contributed by atoms with E-state index in [1.807, 2.05) is 51.1 Å². The summed E-state index contributed by atoms with van der Waals surface area (Å²) in [5, 5.41) is 2.99. The molecule has 1 aliphatic carbocycles. The first-order chi connectivity index (χ1) is 12.4. The third-order valence-electron chi connectivity index (χ3n) is 5.06. The molecule has 0 saturated heterocycles. The van der Waals surface area contributed by atoms with Gasteiger partial charge in [0.25, 0.3) is 5.91 Å². The summed E-state index contributed by atoms with van der Waals surface area (Å²) in [7, 11) is 0. The second-order valence-electron chi connectivity index (χ2n) is 7.08. The molecule has 1 N–H and O–H groups in total. The van der Waals surface area contributed by atoms with Crippen molar-refractivity contribution in [2.75, 3.05) is 5.32 Å². The highest BCUT2D eigenvalue weighted by Gasteiger charge is 2.28. The summed E-state index contributed by atoms with van der Waals surface area (Å²) in [6.07, 6.45) is 2.41. The lowest BCUT2D eigenvalue weighted by molar-refractivity contribution is 0.102. The highest BCUT2D eigenvalue weighted by molar-refractivity contribution is 6.05. The standard InChI is InChI=1S/C21H23N3O2/c1-12-11-19(14(3)24(12)18-9-10-18)20(25)23-17-7-5-16(6-8-17)21-22-13(2)15(4)26-21/h5-8,11,18H,9-10H2,1-4H3,(H,23,25). The van der Waals surface area contributed by atoms with Crippen molar-refractivity contribution in [3.8, 4) is 11.5 Å². The zero-order valence-electron chi connectivity index (χ0n) is 15.6. The SMILES string of the molecule is Cc1nc(-c2ccc(NC(=O)c3cc(C)n(C4CC4)c3C)cc2)oc1C. The Kier molecular flexibility index (Phi) is 3.94. The zero-order valence-corrected chi connectivity index (χ0v) is 15.6. The Morgan fingerprint density at radius 3 is 2.42 bits per heavy atom. The van der Waals surface area contributed by atoms with Crippen molar-refractivity contribution in [1.29, 1.82) is 0 Å². The predicted octanol–water partition coefficient (Wildman–Crippen LogP) is 4.96. The molecule has 2 aromatic heterocycles. The zero-order chi connectivity index (χ0) is 18.4. The van der Waals surface area contributed by atoms with Gasteiger partial charge in [0.15, 0.2) is 0 Å². The molecule has 26 heavy (non-hydrogen) atoms. The van der Waals surface area contributed by atoms with Crippen LogP contribution in [-0.4, -0.2) is 15.5 Å². The van der Waals surface area contributed by atoms with Crippen LogP contribution in [-0.2, 0) is 0 Å². The van der Waals surface area contributed by atoms with Crippen LogP contribution in [0.4, 0.5) is 5.69 Å². The van der Waals surface area contributed by atoms with Gasteiger partial charge in [-0.25, -0.2) is 4.98 Å². The minimum absolute atomic E-state index is 0.0689. The minimum atomic E-state index is -0.0689. The van der Waals surface area contributed by atoms with Gasteiger partial charge in [0.2, 0.25) is 5.89 Å². The van der Waals surface area contributed by atoms with Crippen LogP contribution in [0.3, 0.4) is 0 Å². The monoisotopic (exact) mass is 349 g/mol. The van der Waals surface area contributed by atoms with E-state index < -0.39 is 0 Å². The fourth-order valence-corrected chi connectivity index (χ4v) is 3.39. The summed E-state index contributed by atoms with van der Waals surface area (Å²) in [4.78, 5) is 17.1. The molecule has 0 radical (unpaired) electrons. The maximum atomic E-state index is 12.7. The number of oxazole rings is 1. The molecular formula is C21H23N3O2. The Bertz CT molecular complexity index is 956. The third kappa shape index (κ3) is 2.94. The molecule has 0 atom stereocenters. The number of aryl methyl sites for hydroxylation is 3. The van der Waals surface area contributed by atoms with E-state index in [1.165, 1.54) is 12.8 Å². The lowest BCUT2D eigenvalue weighted by atomic mass is 10.2. The van der Waals surface area contributed by atoms with E-state index in [9.17, 15) is 4.79 Å². The van der Waals surface area contributed by atoms with Gasteiger partial charge in [-0.3, -0.25) is 4.79 Å². The van der Waals surface area contributed by atoms with Crippen molar-refractivity contribution in [2.45, 2.75) is 46.6 Å². The van der Waals surface area contributed by atoms with Crippen molar-refractivity contribution in [3.05, 3.63) is 58.7 Å². The third-order valence-corrected chi connectivity index (χ3v) is 5.06. The topological polar surface area (TPSA) is 60.1 Å². The normalized spacial score (nSPS) is 13.8. The molecule has 1 saturated carbocycles. The number of rotatable bonds is 4. The van der Waals surface area contributed by atoms with Crippen LogP contribution in [0.25, 0.3) is 11.5 Å². The number of nitrogens with one attached hydrogen (secondary N) is 1. The fraction of sp³-hybridized carbons (Fsp3) is 0.333. The number of nitrogens with zero attached hydrogens (tertiary/aromatic N) is 2. The molecule has 1 aromatic carbocycles. The summed E-state index contributed by atoms with van der Waals surface area (Å²) in [6.45, 7) is 7.92. The van der Waals surface area contributed by atoms with Gasteiger partial charge in [-0.1, -0.05) is 0 Å².